The van der Waals surface area contributed by atoms with E-state index in [1.54, 1.807) is 11.8 Å². The summed E-state index contributed by atoms with van der Waals surface area (Å²) >= 11 is 1.66. The second kappa shape index (κ2) is 9.34. The van der Waals surface area contributed by atoms with Gasteiger partial charge in [-0.2, -0.15) is 0 Å². The summed E-state index contributed by atoms with van der Waals surface area (Å²) in [6.07, 6.45) is 1.93. The lowest BCUT2D eigenvalue weighted by Gasteiger charge is -2.17. The minimum Gasteiger partial charge on any atom is -0.410 e. The fourth-order valence-corrected chi connectivity index (χ4v) is 2.19. The molecule has 0 aliphatic carbocycles. The average Bonchev–Trinajstić information content (AvgIpc) is 2.23. The predicted octanol–water partition coefficient (Wildman–Crippen LogP) is 2.65. The molecule has 1 N–H and O–H groups in total. The van der Waals surface area contributed by atoms with E-state index < -0.39 is 0 Å². The highest BCUT2D eigenvalue weighted by molar-refractivity contribution is 8.13. The second-order valence-electron chi connectivity index (χ2n) is 3.12. The van der Waals surface area contributed by atoms with Crippen molar-refractivity contribution in [3.63, 3.8) is 0 Å². The van der Waals surface area contributed by atoms with Crippen LogP contribution in [-0.2, 0) is 0 Å². The molecule has 14 heavy (non-hydrogen) atoms. The van der Waals surface area contributed by atoms with Gasteiger partial charge < -0.3 is 10.1 Å². The van der Waals surface area contributed by atoms with Crippen LogP contribution in [0, 0.1) is 0 Å². The Kier molecular flexibility index (Phi) is 9.19. The molecule has 0 amide bonds. The maximum Gasteiger partial charge on any atom is 0.112 e. The Bertz CT molecular complexity index is 158. The van der Waals surface area contributed by atoms with Crippen LogP contribution in [0.2, 0.25) is 0 Å². The van der Waals surface area contributed by atoms with E-state index in [9.17, 15) is 0 Å². The lowest BCUT2D eigenvalue weighted by molar-refractivity contribution is 0.319. The van der Waals surface area contributed by atoms with Gasteiger partial charge in [-0.25, -0.2) is 0 Å². The number of oxime groups is 1. The van der Waals surface area contributed by atoms with E-state index in [0.29, 0.717) is 0 Å². The summed E-state index contributed by atoms with van der Waals surface area (Å²) < 4.78 is 0. The highest BCUT2D eigenvalue weighted by Crippen LogP contribution is 2.09. The molecule has 0 aromatic carbocycles. The van der Waals surface area contributed by atoms with Gasteiger partial charge in [0.25, 0.3) is 0 Å². The molecule has 0 unspecified atom stereocenters. The Labute approximate surface area is 91.6 Å². The number of nitrogens with zero attached hydrogens (tertiary/aromatic N) is 2. The molecule has 0 radical (unpaired) electrons. The molecule has 0 aliphatic rings. The third-order valence-electron chi connectivity index (χ3n) is 2.15. The summed E-state index contributed by atoms with van der Waals surface area (Å²) in [5.74, 6) is 1.01. The minimum absolute atomic E-state index is 0.861. The molecule has 84 valence electrons. The van der Waals surface area contributed by atoms with E-state index in [0.717, 1.165) is 43.3 Å². The van der Waals surface area contributed by atoms with Crippen LogP contribution in [-0.4, -0.2) is 40.5 Å². The third kappa shape index (κ3) is 6.27. The average molecular weight is 218 g/mol. The van der Waals surface area contributed by atoms with Crippen molar-refractivity contribution < 1.29 is 5.21 Å². The Morgan fingerprint density at radius 1 is 1.29 bits per heavy atom. The molecule has 0 aromatic rings. The molecular weight excluding hydrogens is 196 g/mol. The zero-order chi connectivity index (χ0) is 10.8. The van der Waals surface area contributed by atoms with Crippen molar-refractivity contribution in [3.8, 4) is 0 Å². The Balaban J connectivity index is 3.60. The zero-order valence-corrected chi connectivity index (χ0v) is 10.3. The van der Waals surface area contributed by atoms with Crippen molar-refractivity contribution in [1.82, 2.24) is 4.90 Å². The first-order valence-corrected chi connectivity index (χ1v) is 6.33. The van der Waals surface area contributed by atoms with Gasteiger partial charge >= 0.3 is 0 Å². The van der Waals surface area contributed by atoms with Crippen LogP contribution in [0.4, 0.5) is 0 Å². The number of hydrogen-bond donors (Lipinski definition) is 1. The van der Waals surface area contributed by atoms with Gasteiger partial charge in [-0.3, -0.25) is 0 Å². The van der Waals surface area contributed by atoms with E-state index in [4.69, 9.17) is 5.21 Å². The van der Waals surface area contributed by atoms with Crippen LogP contribution in [0.25, 0.3) is 0 Å². The van der Waals surface area contributed by atoms with Gasteiger partial charge in [0.1, 0.15) is 5.04 Å². The van der Waals surface area contributed by atoms with Crippen LogP contribution in [0.3, 0.4) is 0 Å². The summed E-state index contributed by atoms with van der Waals surface area (Å²) in [6.45, 7) is 9.69. The molecule has 0 saturated carbocycles. The van der Waals surface area contributed by atoms with Gasteiger partial charge in [0.15, 0.2) is 0 Å². The highest BCUT2D eigenvalue weighted by atomic mass is 32.2. The van der Waals surface area contributed by atoms with Crippen molar-refractivity contribution in [3.05, 3.63) is 0 Å². The summed E-state index contributed by atoms with van der Waals surface area (Å²) in [5, 5.41) is 12.8. The van der Waals surface area contributed by atoms with Gasteiger partial charge in [-0.1, -0.05) is 25.9 Å². The fourth-order valence-electron chi connectivity index (χ4n) is 1.20. The second-order valence-corrected chi connectivity index (χ2v) is 4.29. The summed E-state index contributed by atoms with van der Waals surface area (Å²) in [6, 6.07) is 0. The monoisotopic (exact) mass is 218 g/mol. The SMILES string of the molecule is CCC/C(=N\O)SCCN(CC)CC. The first-order chi connectivity index (χ1) is 6.78. The van der Waals surface area contributed by atoms with Crippen molar-refractivity contribution in [2.45, 2.75) is 33.6 Å². The number of thioether (sulfide) groups is 1. The first kappa shape index (κ1) is 13.8. The molecule has 0 saturated heterocycles. The molecule has 0 atom stereocenters. The van der Waals surface area contributed by atoms with Crippen molar-refractivity contribution in [1.29, 1.82) is 0 Å². The molecular formula is C10H22N2OS. The Morgan fingerprint density at radius 2 is 1.93 bits per heavy atom. The maximum atomic E-state index is 8.69. The van der Waals surface area contributed by atoms with E-state index in [2.05, 4.69) is 30.8 Å². The number of hydrogen-bond acceptors (Lipinski definition) is 4. The molecule has 0 bridgehead atoms. The van der Waals surface area contributed by atoms with Crippen LogP contribution < -0.4 is 0 Å². The number of rotatable bonds is 7. The predicted molar refractivity (Wildman–Crippen MR) is 64.4 cm³/mol. The molecule has 3 nitrogen and oxygen atoms in total. The highest BCUT2D eigenvalue weighted by Gasteiger charge is 2.02. The summed E-state index contributed by atoms with van der Waals surface area (Å²) in [5.41, 5.74) is 0. The summed E-state index contributed by atoms with van der Waals surface area (Å²) in [7, 11) is 0. The van der Waals surface area contributed by atoms with E-state index in [1.165, 1.54) is 0 Å². The molecule has 4 heteroatoms. The molecule has 0 rings (SSSR count). The van der Waals surface area contributed by atoms with Gasteiger partial charge in [0.05, 0.1) is 0 Å². The van der Waals surface area contributed by atoms with E-state index in [-0.39, 0.29) is 0 Å². The first-order valence-electron chi connectivity index (χ1n) is 5.34. The zero-order valence-electron chi connectivity index (χ0n) is 9.49. The van der Waals surface area contributed by atoms with Crippen molar-refractivity contribution in [2.24, 2.45) is 5.16 Å². The molecule has 0 heterocycles. The normalized spacial score (nSPS) is 12.4. The van der Waals surface area contributed by atoms with Crippen LogP contribution >= 0.6 is 11.8 Å². The standard InChI is InChI=1S/C10H22N2OS/c1-4-7-10(11-13)14-9-8-12(5-2)6-3/h13H,4-9H2,1-3H3/b11-10+. The largest absolute Gasteiger partial charge is 0.410 e. The van der Waals surface area contributed by atoms with Crippen molar-refractivity contribution in [2.75, 3.05) is 25.4 Å². The van der Waals surface area contributed by atoms with Crippen LogP contribution in [0.1, 0.15) is 33.6 Å². The maximum absolute atomic E-state index is 8.69. The van der Waals surface area contributed by atoms with E-state index in [1.807, 2.05) is 0 Å². The molecule has 0 aromatic heterocycles. The smallest absolute Gasteiger partial charge is 0.112 e. The lowest BCUT2D eigenvalue weighted by Crippen LogP contribution is -2.25. The third-order valence-corrected chi connectivity index (χ3v) is 3.15. The van der Waals surface area contributed by atoms with Crippen molar-refractivity contribution >= 4 is 16.8 Å². The fraction of sp³-hybridized carbons (Fsp3) is 0.900. The van der Waals surface area contributed by atoms with E-state index >= 15 is 0 Å². The van der Waals surface area contributed by atoms with Gasteiger partial charge in [-0.05, 0) is 25.9 Å². The van der Waals surface area contributed by atoms with Crippen LogP contribution in [0.5, 0.6) is 0 Å². The van der Waals surface area contributed by atoms with Crippen LogP contribution in [0.15, 0.2) is 5.16 Å². The lowest BCUT2D eigenvalue weighted by atomic mass is 10.4. The molecule has 0 aliphatic heterocycles. The Hall–Kier alpha value is -0.220. The molecule has 0 fully saturated rings. The quantitative estimate of drug-likeness (QED) is 0.309. The van der Waals surface area contributed by atoms with Gasteiger partial charge in [-0.15, -0.1) is 11.8 Å². The topological polar surface area (TPSA) is 35.8 Å². The van der Waals surface area contributed by atoms with Gasteiger partial charge in [0.2, 0.25) is 0 Å². The summed E-state index contributed by atoms with van der Waals surface area (Å²) in [4.78, 5) is 2.37. The minimum atomic E-state index is 0.861. The molecule has 0 spiro atoms. The van der Waals surface area contributed by atoms with Gasteiger partial charge in [0, 0.05) is 12.3 Å². The Morgan fingerprint density at radius 3 is 2.36 bits per heavy atom.